The number of rotatable bonds is 4. The third kappa shape index (κ3) is 24.7. The molecule has 0 aromatic rings. The Hall–Kier alpha value is -0.490. The summed E-state index contributed by atoms with van der Waals surface area (Å²) < 4.78 is 0. The average Bonchev–Trinajstić information content (AvgIpc) is 2.02. The van der Waals surface area contributed by atoms with Crippen LogP contribution in [0.25, 0.3) is 0 Å². The zero-order valence-corrected chi connectivity index (χ0v) is 11.0. The van der Waals surface area contributed by atoms with Crippen LogP contribution in [0.3, 0.4) is 0 Å². The van der Waals surface area contributed by atoms with E-state index in [9.17, 15) is 4.79 Å². The lowest BCUT2D eigenvalue weighted by molar-refractivity contribution is 0.258. The van der Waals surface area contributed by atoms with Crippen LogP contribution in [-0.4, -0.2) is 22.3 Å². The molecule has 0 saturated carbocycles. The van der Waals surface area contributed by atoms with Gasteiger partial charge in [-0.05, 0) is 20.3 Å². The highest BCUT2D eigenvalue weighted by atomic mass is 32.2. The minimum absolute atomic E-state index is 0.105. The van der Waals surface area contributed by atoms with E-state index in [-0.39, 0.29) is 11.3 Å². The number of nitrogens with two attached hydrogens (primary N) is 1. The lowest BCUT2D eigenvalue weighted by Gasteiger charge is -2.06. The maximum Gasteiger partial charge on any atom is 0.279 e. The summed E-state index contributed by atoms with van der Waals surface area (Å²) in [5.41, 5.74) is 4.29. The summed E-state index contributed by atoms with van der Waals surface area (Å²) >= 11 is 5.14. The van der Waals surface area contributed by atoms with Gasteiger partial charge in [0.25, 0.3) is 5.24 Å². The number of unbranched alkanes of at least 4 members (excludes halogenated alkanes) is 1. The highest BCUT2D eigenvalue weighted by Gasteiger charge is 2.01. The third-order valence-corrected chi connectivity index (χ3v) is 2.01. The van der Waals surface area contributed by atoms with Crippen molar-refractivity contribution in [1.82, 2.24) is 5.32 Å². The van der Waals surface area contributed by atoms with Gasteiger partial charge >= 0.3 is 0 Å². The minimum atomic E-state index is -0.750. The topological polar surface area (TPSA) is 72.2 Å². The molecule has 0 aliphatic rings. The molecule has 0 rings (SSSR count). The van der Waals surface area contributed by atoms with E-state index in [0.29, 0.717) is 0 Å². The highest BCUT2D eigenvalue weighted by molar-refractivity contribution is 8.13. The van der Waals surface area contributed by atoms with Crippen molar-refractivity contribution < 1.29 is 9.59 Å². The smallest absolute Gasteiger partial charge is 0.279 e. The Bertz CT molecular complexity index is 183. The first-order valence-electron chi connectivity index (χ1n) is 4.79. The number of amides is 2. The van der Waals surface area contributed by atoms with E-state index >= 15 is 0 Å². The largest absolute Gasteiger partial charge is 0.719 e. The van der Waals surface area contributed by atoms with Gasteiger partial charge < -0.3 is 28.5 Å². The molecule has 2 amide bonds. The second kappa shape index (κ2) is 11.6. The van der Waals surface area contributed by atoms with Crippen molar-refractivity contribution in [3.05, 3.63) is 0 Å². The summed E-state index contributed by atoms with van der Waals surface area (Å²) in [6.07, 6.45) is 2.28. The van der Waals surface area contributed by atoms with Gasteiger partial charge in [0.05, 0.1) is 5.24 Å². The SMILES string of the molecule is CCCCSC(=O)NC(C)C.NC(=O)[S-]. The normalized spacial score (nSPS) is 9.07. The molecule has 0 aromatic heterocycles. The van der Waals surface area contributed by atoms with Crippen LogP contribution in [0.5, 0.6) is 0 Å². The monoisotopic (exact) mass is 251 g/mol. The van der Waals surface area contributed by atoms with Crippen LogP contribution in [0.15, 0.2) is 0 Å². The molecule has 90 valence electrons. The molecule has 0 spiro atoms. The molecule has 6 heteroatoms. The van der Waals surface area contributed by atoms with Gasteiger partial charge in [-0.15, -0.1) is 0 Å². The molecule has 0 unspecified atom stereocenters. The van der Waals surface area contributed by atoms with E-state index in [4.69, 9.17) is 4.79 Å². The standard InChI is InChI=1S/C8H17NOS.CH3NOS/c1-4-5-6-11-8(10)9-7(2)3;2-1(3)4/h7H,4-6H2,1-3H3,(H,9,10);(H3,2,3,4)/p-1. The lowest BCUT2D eigenvalue weighted by atomic mass is 10.4. The zero-order chi connectivity index (χ0) is 12.3. The zero-order valence-electron chi connectivity index (χ0n) is 9.41. The molecule has 0 heterocycles. The fourth-order valence-electron chi connectivity index (χ4n) is 0.587. The lowest BCUT2D eigenvalue weighted by Crippen LogP contribution is -2.26. The first kappa shape index (κ1) is 16.9. The van der Waals surface area contributed by atoms with Gasteiger partial charge in [-0.3, -0.25) is 4.79 Å². The van der Waals surface area contributed by atoms with E-state index in [2.05, 4.69) is 30.6 Å². The van der Waals surface area contributed by atoms with Crippen LogP contribution in [0, 0.1) is 0 Å². The van der Waals surface area contributed by atoms with Crippen LogP contribution in [0.2, 0.25) is 0 Å². The molecule has 15 heavy (non-hydrogen) atoms. The quantitative estimate of drug-likeness (QED) is 0.594. The van der Waals surface area contributed by atoms with Crippen LogP contribution >= 0.6 is 11.8 Å². The molecule has 4 nitrogen and oxygen atoms in total. The summed E-state index contributed by atoms with van der Waals surface area (Å²) in [4.78, 5) is 20.0. The molecule has 0 aliphatic heterocycles. The average molecular weight is 251 g/mol. The predicted molar refractivity (Wildman–Crippen MR) is 68.0 cm³/mol. The number of nitrogens with one attached hydrogen (secondary N) is 1. The summed E-state index contributed by atoms with van der Waals surface area (Å²) in [5, 5.41) is 2.18. The third-order valence-electron chi connectivity index (χ3n) is 1.14. The van der Waals surface area contributed by atoms with E-state index in [1.54, 1.807) is 0 Å². The summed E-state index contributed by atoms with van der Waals surface area (Å²) in [5.74, 6) is 0.940. The maximum absolute atomic E-state index is 11.0. The molecular formula is C9H19N2O2S2-. The minimum Gasteiger partial charge on any atom is -0.719 e. The van der Waals surface area contributed by atoms with E-state index in [1.807, 2.05) is 13.8 Å². The highest BCUT2D eigenvalue weighted by Crippen LogP contribution is 2.05. The fourth-order valence-corrected chi connectivity index (χ4v) is 1.52. The van der Waals surface area contributed by atoms with Gasteiger partial charge in [0.15, 0.2) is 0 Å². The number of carbonyl (C=O) groups is 2. The van der Waals surface area contributed by atoms with Crippen molar-refractivity contribution in [2.75, 3.05) is 5.75 Å². The molecule has 0 radical (unpaired) electrons. The molecule has 0 fully saturated rings. The van der Waals surface area contributed by atoms with Gasteiger partial charge in [0, 0.05) is 11.8 Å². The predicted octanol–water partition coefficient (Wildman–Crippen LogP) is 2.25. The molecule has 0 aliphatic carbocycles. The Labute approximate surface area is 101 Å². The molecular weight excluding hydrogens is 232 g/mol. The van der Waals surface area contributed by atoms with Gasteiger partial charge in [-0.25, -0.2) is 0 Å². The maximum atomic E-state index is 11.0. The number of hydrogen-bond acceptors (Lipinski definition) is 4. The van der Waals surface area contributed by atoms with Crippen molar-refractivity contribution in [2.45, 2.75) is 39.7 Å². The van der Waals surface area contributed by atoms with Crippen molar-refractivity contribution in [3.63, 3.8) is 0 Å². The van der Waals surface area contributed by atoms with E-state index in [1.165, 1.54) is 11.8 Å². The molecule has 3 N–H and O–H groups in total. The van der Waals surface area contributed by atoms with Gasteiger partial charge in [-0.2, -0.15) is 0 Å². The number of carbonyl (C=O) groups excluding carboxylic acids is 2. The van der Waals surface area contributed by atoms with Crippen LogP contribution in [-0.2, 0) is 12.6 Å². The van der Waals surface area contributed by atoms with Crippen molar-refractivity contribution >= 4 is 34.9 Å². The van der Waals surface area contributed by atoms with Crippen molar-refractivity contribution in [3.8, 4) is 0 Å². The van der Waals surface area contributed by atoms with Crippen LogP contribution < -0.4 is 11.1 Å². The Kier molecular flexibility index (Phi) is 13.1. The van der Waals surface area contributed by atoms with Crippen molar-refractivity contribution in [1.29, 1.82) is 0 Å². The second-order valence-corrected chi connectivity index (χ2v) is 4.58. The molecule has 0 atom stereocenters. The van der Waals surface area contributed by atoms with Gasteiger partial charge in [0.1, 0.15) is 0 Å². The summed E-state index contributed by atoms with van der Waals surface area (Å²) in [7, 11) is 0. The Morgan fingerprint density at radius 1 is 1.47 bits per heavy atom. The number of thioether (sulfide) groups is 1. The number of primary amides is 1. The van der Waals surface area contributed by atoms with Gasteiger partial charge in [-0.1, -0.05) is 25.1 Å². The molecule has 0 aromatic carbocycles. The number of hydrogen-bond donors (Lipinski definition) is 2. The summed E-state index contributed by atoms with van der Waals surface area (Å²) in [6.45, 7) is 6.07. The van der Waals surface area contributed by atoms with Crippen molar-refractivity contribution in [2.24, 2.45) is 5.73 Å². The van der Waals surface area contributed by atoms with E-state index < -0.39 is 5.24 Å². The first-order chi connectivity index (χ1) is 6.90. The first-order valence-corrected chi connectivity index (χ1v) is 6.19. The molecule has 0 bridgehead atoms. The summed E-state index contributed by atoms with van der Waals surface area (Å²) in [6, 6.07) is 0.261. The van der Waals surface area contributed by atoms with Crippen LogP contribution in [0.1, 0.15) is 33.6 Å². The Morgan fingerprint density at radius 3 is 2.27 bits per heavy atom. The molecule has 0 saturated heterocycles. The van der Waals surface area contributed by atoms with E-state index in [0.717, 1.165) is 18.6 Å². The Balaban J connectivity index is 0. The fraction of sp³-hybridized carbons (Fsp3) is 0.778. The van der Waals surface area contributed by atoms with Gasteiger partial charge in [0.2, 0.25) is 0 Å². The van der Waals surface area contributed by atoms with Crippen LogP contribution in [0.4, 0.5) is 9.59 Å². The second-order valence-electron chi connectivity index (χ2n) is 3.11. The Morgan fingerprint density at radius 2 is 1.93 bits per heavy atom.